The Balaban J connectivity index is 2.96. The average Bonchev–Trinajstić information content (AvgIpc) is 2.07. The predicted molar refractivity (Wildman–Crippen MR) is 54.2 cm³/mol. The number of hydrogen-bond donors (Lipinski definition) is 1. The Hall–Kier alpha value is -1.09. The molecule has 3 heteroatoms. The summed E-state index contributed by atoms with van der Waals surface area (Å²) in [6.45, 7) is 5.66. The maximum Gasteiger partial charge on any atom is 0.339 e. The lowest BCUT2D eigenvalue weighted by molar-refractivity contribution is 0.163. The minimum Gasteiger partial charge on any atom is -0.425 e. The van der Waals surface area contributed by atoms with Crippen molar-refractivity contribution < 1.29 is 9.52 Å². The van der Waals surface area contributed by atoms with E-state index in [4.69, 9.17) is 4.42 Å². The molecule has 78 valence electrons. The summed E-state index contributed by atoms with van der Waals surface area (Å²) in [6.07, 6.45) is -0.0154. The Morgan fingerprint density at radius 2 is 2.00 bits per heavy atom. The molecule has 0 bridgehead atoms. The van der Waals surface area contributed by atoms with Gasteiger partial charge in [0.05, 0.1) is 0 Å². The summed E-state index contributed by atoms with van der Waals surface area (Å²) in [7, 11) is 0. The fourth-order valence-electron chi connectivity index (χ4n) is 1.27. The lowest BCUT2D eigenvalue weighted by atomic mass is 10.0. The Bertz CT molecular complexity index is 350. The van der Waals surface area contributed by atoms with E-state index in [1.165, 1.54) is 0 Å². The van der Waals surface area contributed by atoms with Crippen molar-refractivity contribution in [2.45, 2.75) is 33.3 Å². The van der Waals surface area contributed by atoms with Gasteiger partial charge in [0.25, 0.3) is 0 Å². The smallest absolute Gasteiger partial charge is 0.339 e. The summed E-state index contributed by atoms with van der Waals surface area (Å²) < 4.78 is 4.97. The van der Waals surface area contributed by atoms with Crippen LogP contribution in [0, 0.1) is 5.92 Å². The van der Waals surface area contributed by atoms with Crippen molar-refractivity contribution in [1.82, 2.24) is 0 Å². The van der Waals surface area contributed by atoms with Crippen LogP contribution >= 0.6 is 0 Å². The second kappa shape index (κ2) is 4.42. The van der Waals surface area contributed by atoms with Gasteiger partial charge in [-0.3, -0.25) is 0 Å². The van der Waals surface area contributed by atoms with Gasteiger partial charge in [0, 0.05) is 5.56 Å². The molecule has 3 nitrogen and oxygen atoms in total. The Morgan fingerprint density at radius 3 is 2.43 bits per heavy atom. The van der Waals surface area contributed by atoms with Crippen molar-refractivity contribution in [2.75, 3.05) is 0 Å². The molecule has 14 heavy (non-hydrogen) atoms. The Kier molecular flexibility index (Phi) is 3.47. The summed E-state index contributed by atoms with van der Waals surface area (Å²) >= 11 is 0. The standard InChI is InChI=1S/C11H16O3/c1-7(2)6-9-4-5-10(8(3)12)14-11(9)13/h4-5,7-8,12H,6H2,1-3H3/t8-/m0/s1. The van der Waals surface area contributed by atoms with Crippen LogP contribution in [-0.2, 0) is 6.42 Å². The van der Waals surface area contributed by atoms with E-state index in [9.17, 15) is 9.90 Å². The first-order valence-electron chi connectivity index (χ1n) is 4.81. The van der Waals surface area contributed by atoms with Crippen LogP contribution in [0.25, 0.3) is 0 Å². The van der Waals surface area contributed by atoms with E-state index >= 15 is 0 Å². The second-order valence-electron chi connectivity index (χ2n) is 3.92. The first kappa shape index (κ1) is 11.0. The summed E-state index contributed by atoms with van der Waals surface area (Å²) in [5.74, 6) is 0.748. The molecule has 1 aromatic heterocycles. The summed E-state index contributed by atoms with van der Waals surface area (Å²) in [5.41, 5.74) is 0.335. The lowest BCUT2D eigenvalue weighted by Gasteiger charge is -2.05. The maximum absolute atomic E-state index is 11.4. The first-order valence-corrected chi connectivity index (χ1v) is 4.81. The topological polar surface area (TPSA) is 50.4 Å². The highest BCUT2D eigenvalue weighted by molar-refractivity contribution is 5.12. The van der Waals surface area contributed by atoms with Gasteiger partial charge in [-0.15, -0.1) is 0 Å². The monoisotopic (exact) mass is 196 g/mol. The second-order valence-corrected chi connectivity index (χ2v) is 3.92. The molecule has 0 aromatic carbocycles. The molecule has 0 amide bonds. The van der Waals surface area contributed by atoms with Crippen LogP contribution in [-0.4, -0.2) is 5.11 Å². The van der Waals surface area contributed by atoms with Gasteiger partial charge in [0.2, 0.25) is 0 Å². The summed E-state index contributed by atoms with van der Waals surface area (Å²) in [5, 5.41) is 9.19. The molecular weight excluding hydrogens is 180 g/mol. The van der Waals surface area contributed by atoms with E-state index in [1.54, 1.807) is 19.1 Å². The molecule has 1 aromatic rings. The Labute approximate surface area is 83.4 Å². The van der Waals surface area contributed by atoms with Gasteiger partial charge >= 0.3 is 5.63 Å². The molecule has 1 heterocycles. The van der Waals surface area contributed by atoms with E-state index in [0.29, 0.717) is 23.7 Å². The molecule has 1 atom stereocenters. The zero-order valence-electron chi connectivity index (χ0n) is 8.78. The van der Waals surface area contributed by atoms with Crippen molar-refractivity contribution in [3.8, 4) is 0 Å². The normalized spacial score (nSPS) is 13.2. The van der Waals surface area contributed by atoms with Gasteiger partial charge in [0.15, 0.2) is 0 Å². The molecule has 0 spiro atoms. The Morgan fingerprint density at radius 1 is 1.36 bits per heavy atom. The molecule has 0 fully saturated rings. The van der Waals surface area contributed by atoms with E-state index in [1.807, 2.05) is 13.8 Å². The number of aliphatic hydroxyl groups excluding tert-OH is 1. The van der Waals surface area contributed by atoms with Crippen LogP contribution in [0.5, 0.6) is 0 Å². The van der Waals surface area contributed by atoms with Crippen LogP contribution in [0.2, 0.25) is 0 Å². The minimum absolute atomic E-state index is 0.322. The molecule has 0 aliphatic rings. The van der Waals surface area contributed by atoms with Crippen LogP contribution in [0.4, 0.5) is 0 Å². The highest BCUT2D eigenvalue weighted by Crippen LogP contribution is 2.11. The maximum atomic E-state index is 11.4. The van der Waals surface area contributed by atoms with Gasteiger partial charge in [0.1, 0.15) is 11.9 Å². The van der Waals surface area contributed by atoms with Crippen LogP contribution in [0.15, 0.2) is 21.3 Å². The molecule has 1 N–H and O–H groups in total. The SMILES string of the molecule is CC(C)Cc1ccc([C@H](C)O)oc1=O. The van der Waals surface area contributed by atoms with Crippen molar-refractivity contribution in [3.63, 3.8) is 0 Å². The lowest BCUT2D eigenvalue weighted by Crippen LogP contribution is -2.11. The molecule has 0 aliphatic carbocycles. The minimum atomic E-state index is -0.726. The molecule has 0 aliphatic heterocycles. The van der Waals surface area contributed by atoms with Gasteiger partial charge < -0.3 is 9.52 Å². The zero-order chi connectivity index (χ0) is 10.7. The van der Waals surface area contributed by atoms with Gasteiger partial charge in [-0.05, 0) is 31.4 Å². The molecule has 0 saturated heterocycles. The highest BCUT2D eigenvalue weighted by atomic mass is 16.4. The van der Waals surface area contributed by atoms with Crippen molar-refractivity contribution in [2.24, 2.45) is 5.92 Å². The third-order valence-electron chi connectivity index (χ3n) is 1.96. The largest absolute Gasteiger partial charge is 0.425 e. The number of aliphatic hydroxyl groups is 1. The van der Waals surface area contributed by atoms with E-state index < -0.39 is 6.10 Å². The molecule has 0 saturated carbocycles. The van der Waals surface area contributed by atoms with Crippen molar-refractivity contribution >= 4 is 0 Å². The zero-order valence-corrected chi connectivity index (χ0v) is 8.78. The third kappa shape index (κ3) is 2.70. The molecule has 0 unspecified atom stereocenters. The predicted octanol–water partition coefficient (Wildman–Crippen LogP) is 1.89. The van der Waals surface area contributed by atoms with E-state index in [2.05, 4.69) is 0 Å². The van der Waals surface area contributed by atoms with Gasteiger partial charge in [-0.2, -0.15) is 0 Å². The van der Waals surface area contributed by atoms with Gasteiger partial charge in [-0.1, -0.05) is 13.8 Å². The summed E-state index contributed by atoms with van der Waals surface area (Å²) in [6, 6.07) is 3.39. The third-order valence-corrected chi connectivity index (χ3v) is 1.96. The highest BCUT2D eigenvalue weighted by Gasteiger charge is 2.08. The fraction of sp³-hybridized carbons (Fsp3) is 0.545. The number of hydrogen-bond acceptors (Lipinski definition) is 3. The van der Waals surface area contributed by atoms with Crippen LogP contribution in [0.1, 0.15) is 38.2 Å². The summed E-state index contributed by atoms with van der Waals surface area (Å²) in [4.78, 5) is 11.4. The van der Waals surface area contributed by atoms with E-state index in [-0.39, 0.29) is 5.63 Å². The number of rotatable bonds is 3. The van der Waals surface area contributed by atoms with Crippen LogP contribution < -0.4 is 5.63 Å². The fourth-order valence-corrected chi connectivity index (χ4v) is 1.27. The quantitative estimate of drug-likeness (QED) is 0.803. The van der Waals surface area contributed by atoms with E-state index in [0.717, 1.165) is 0 Å². The molecule has 1 rings (SSSR count). The van der Waals surface area contributed by atoms with Gasteiger partial charge in [-0.25, -0.2) is 4.79 Å². The first-order chi connectivity index (χ1) is 6.50. The van der Waals surface area contributed by atoms with Crippen molar-refractivity contribution in [3.05, 3.63) is 33.9 Å². The molecular formula is C11H16O3. The average molecular weight is 196 g/mol. The van der Waals surface area contributed by atoms with Crippen molar-refractivity contribution in [1.29, 1.82) is 0 Å². The molecule has 0 radical (unpaired) electrons. The van der Waals surface area contributed by atoms with Crippen LogP contribution in [0.3, 0.4) is 0 Å².